The predicted molar refractivity (Wildman–Crippen MR) is 80.9 cm³/mol. The molecule has 4 heteroatoms. The van der Waals surface area contributed by atoms with E-state index in [9.17, 15) is 4.79 Å². The van der Waals surface area contributed by atoms with Gasteiger partial charge in [-0.3, -0.25) is 9.69 Å². The van der Waals surface area contributed by atoms with E-state index in [1.807, 2.05) is 42.3 Å². The lowest BCUT2D eigenvalue weighted by Crippen LogP contribution is -2.39. The molecular weight excluding hydrogens is 262 g/mol. The van der Waals surface area contributed by atoms with E-state index in [-0.39, 0.29) is 5.78 Å². The Morgan fingerprint density at radius 2 is 2.17 bits per heavy atom. The summed E-state index contributed by atoms with van der Waals surface area (Å²) in [5.41, 5.74) is 0.832. The molecule has 0 spiro atoms. The molecule has 1 aliphatic heterocycles. The Balaban J connectivity index is 1.94. The highest BCUT2D eigenvalue weighted by molar-refractivity contribution is 8.00. The summed E-state index contributed by atoms with van der Waals surface area (Å²) in [5, 5.41) is 0.644. The van der Waals surface area contributed by atoms with Gasteiger partial charge in [0, 0.05) is 34.6 Å². The number of thioether (sulfide) groups is 2. The molecule has 1 saturated heterocycles. The highest BCUT2D eigenvalue weighted by Crippen LogP contribution is 2.19. The van der Waals surface area contributed by atoms with E-state index in [1.165, 1.54) is 4.90 Å². The second-order valence-corrected chi connectivity index (χ2v) is 6.99. The van der Waals surface area contributed by atoms with Gasteiger partial charge >= 0.3 is 0 Å². The van der Waals surface area contributed by atoms with Crippen molar-refractivity contribution in [1.29, 1.82) is 0 Å². The van der Waals surface area contributed by atoms with Gasteiger partial charge in [-0.05, 0) is 18.4 Å². The van der Waals surface area contributed by atoms with Gasteiger partial charge in [0.2, 0.25) is 0 Å². The van der Waals surface area contributed by atoms with Crippen molar-refractivity contribution < 1.29 is 4.79 Å². The van der Waals surface area contributed by atoms with Gasteiger partial charge in [-0.1, -0.05) is 19.1 Å². The monoisotopic (exact) mass is 281 g/mol. The predicted octanol–water partition coefficient (Wildman–Crippen LogP) is 3.03. The first-order valence-corrected chi connectivity index (χ1v) is 8.47. The van der Waals surface area contributed by atoms with Crippen LogP contribution >= 0.6 is 23.5 Å². The van der Waals surface area contributed by atoms with Crippen LogP contribution in [0, 0.1) is 0 Å². The molecule has 0 bridgehead atoms. The molecule has 1 aromatic carbocycles. The molecule has 0 radical (unpaired) electrons. The molecule has 1 unspecified atom stereocenters. The Labute approximate surface area is 118 Å². The van der Waals surface area contributed by atoms with E-state index in [0.717, 1.165) is 24.4 Å². The third-order valence-electron chi connectivity index (χ3n) is 3.10. The second kappa shape index (κ2) is 6.64. The summed E-state index contributed by atoms with van der Waals surface area (Å²) in [7, 11) is 0. The lowest BCUT2D eigenvalue weighted by Gasteiger charge is -2.29. The van der Waals surface area contributed by atoms with Gasteiger partial charge in [0.1, 0.15) is 0 Å². The first kappa shape index (κ1) is 14.0. The standard InChI is InChI=1S/C14H19NOS2/c1-11-9-15(7-8-18-11)10-14(16)12-3-5-13(17-2)6-4-12/h3-6,11H,7-10H2,1-2H3. The van der Waals surface area contributed by atoms with Crippen LogP contribution in [0.4, 0.5) is 0 Å². The summed E-state index contributed by atoms with van der Waals surface area (Å²) in [6.07, 6.45) is 2.05. The van der Waals surface area contributed by atoms with Gasteiger partial charge in [0.15, 0.2) is 5.78 Å². The fraction of sp³-hybridized carbons (Fsp3) is 0.500. The summed E-state index contributed by atoms with van der Waals surface area (Å²) >= 11 is 3.69. The number of hydrogen-bond donors (Lipinski definition) is 0. The molecule has 18 heavy (non-hydrogen) atoms. The molecule has 1 aliphatic rings. The van der Waals surface area contributed by atoms with Gasteiger partial charge < -0.3 is 0 Å². The van der Waals surface area contributed by atoms with Gasteiger partial charge in [-0.15, -0.1) is 11.8 Å². The zero-order chi connectivity index (χ0) is 13.0. The fourth-order valence-electron chi connectivity index (χ4n) is 2.11. The van der Waals surface area contributed by atoms with Crippen LogP contribution in [0.2, 0.25) is 0 Å². The third-order valence-corrected chi connectivity index (χ3v) is 4.98. The van der Waals surface area contributed by atoms with Crippen molar-refractivity contribution in [2.45, 2.75) is 17.1 Å². The minimum atomic E-state index is 0.238. The minimum Gasteiger partial charge on any atom is -0.294 e. The van der Waals surface area contributed by atoms with Crippen molar-refractivity contribution in [3.8, 4) is 0 Å². The summed E-state index contributed by atoms with van der Waals surface area (Å²) in [6, 6.07) is 7.92. The molecule has 0 saturated carbocycles. The van der Waals surface area contributed by atoms with Crippen LogP contribution in [0.3, 0.4) is 0 Å². The van der Waals surface area contributed by atoms with Gasteiger partial charge in [-0.25, -0.2) is 0 Å². The average molecular weight is 281 g/mol. The van der Waals surface area contributed by atoms with Crippen molar-refractivity contribution in [2.75, 3.05) is 31.6 Å². The first-order chi connectivity index (χ1) is 8.69. The molecule has 2 nitrogen and oxygen atoms in total. The van der Waals surface area contributed by atoms with E-state index < -0.39 is 0 Å². The fourth-order valence-corrected chi connectivity index (χ4v) is 3.60. The zero-order valence-electron chi connectivity index (χ0n) is 10.9. The lowest BCUT2D eigenvalue weighted by molar-refractivity contribution is 0.0933. The normalized spacial score (nSPS) is 20.9. The number of nitrogens with zero attached hydrogens (tertiary/aromatic N) is 1. The molecule has 2 rings (SSSR count). The lowest BCUT2D eigenvalue weighted by atomic mass is 10.1. The van der Waals surface area contributed by atoms with Crippen molar-refractivity contribution in [3.05, 3.63) is 29.8 Å². The smallest absolute Gasteiger partial charge is 0.176 e. The Kier molecular flexibility index (Phi) is 5.15. The number of Topliss-reactive ketones (excluding diaryl/α,β-unsaturated/α-hetero) is 1. The summed E-state index contributed by atoms with van der Waals surface area (Å²) in [6.45, 7) is 4.85. The Morgan fingerprint density at radius 3 is 2.78 bits per heavy atom. The van der Waals surface area contributed by atoms with E-state index in [0.29, 0.717) is 11.8 Å². The molecule has 1 fully saturated rings. The zero-order valence-corrected chi connectivity index (χ0v) is 12.5. The highest BCUT2D eigenvalue weighted by Gasteiger charge is 2.19. The molecular formula is C14H19NOS2. The van der Waals surface area contributed by atoms with Gasteiger partial charge in [0.25, 0.3) is 0 Å². The Morgan fingerprint density at radius 1 is 1.44 bits per heavy atom. The molecule has 1 aromatic rings. The van der Waals surface area contributed by atoms with Crippen molar-refractivity contribution in [2.24, 2.45) is 0 Å². The van der Waals surface area contributed by atoms with Gasteiger partial charge in [0.05, 0.1) is 6.54 Å². The quantitative estimate of drug-likeness (QED) is 0.624. The van der Waals surface area contributed by atoms with Crippen LogP contribution in [-0.4, -0.2) is 47.6 Å². The van der Waals surface area contributed by atoms with Crippen LogP contribution in [0.1, 0.15) is 17.3 Å². The molecule has 0 aromatic heterocycles. The summed E-state index contributed by atoms with van der Waals surface area (Å²) < 4.78 is 0. The SMILES string of the molecule is CSc1ccc(C(=O)CN2CCSC(C)C2)cc1. The molecule has 0 amide bonds. The Hall–Kier alpha value is -0.450. The number of carbonyl (C=O) groups is 1. The highest BCUT2D eigenvalue weighted by atomic mass is 32.2. The van der Waals surface area contributed by atoms with Crippen molar-refractivity contribution >= 4 is 29.3 Å². The number of hydrogen-bond acceptors (Lipinski definition) is 4. The van der Waals surface area contributed by atoms with Crippen LogP contribution in [0.25, 0.3) is 0 Å². The number of ketones is 1. The molecule has 1 atom stereocenters. The summed E-state index contributed by atoms with van der Waals surface area (Å²) in [5.74, 6) is 1.38. The van der Waals surface area contributed by atoms with E-state index in [1.54, 1.807) is 11.8 Å². The maximum Gasteiger partial charge on any atom is 0.176 e. The number of carbonyl (C=O) groups excluding carboxylic acids is 1. The largest absolute Gasteiger partial charge is 0.294 e. The molecule has 0 aliphatic carbocycles. The second-order valence-electron chi connectivity index (χ2n) is 4.57. The number of benzene rings is 1. The van der Waals surface area contributed by atoms with Crippen LogP contribution in [-0.2, 0) is 0 Å². The molecule has 98 valence electrons. The molecule has 1 heterocycles. The summed E-state index contributed by atoms with van der Waals surface area (Å²) in [4.78, 5) is 15.6. The van der Waals surface area contributed by atoms with E-state index in [4.69, 9.17) is 0 Å². The third kappa shape index (κ3) is 3.77. The van der Waals surface area contributed by atoms with E-state index >= 15 is 0 Å². The van der Waals surface area contributed by atoms with E-state index in [2.05, 4.69) is 11.8 Å². The Bertz CT molecular complexity index is 405. The molecule has 0 N–H and O–H groups in total. The maximum absolute atomic E-state index is 12.2. The first-order valence-electron chi connectivity index (χ1n) is 6.20. The van der Waals surface area contributed by atoms with Crippen LogP contribution in [0.5, 0.6) is 0 Å². The minimum absolute atomic E-state index is 0.238. The van der Waals surface area contributed by atoms with Crippen molar-refractivity contribution in [3.63, 3.8) is 0 Å². The van der Waals surface area contributed by atoms with Crippen LogP contribution in [0.15, 0.2) is 29.2 Å². The topological polar surface area (TPSA) is 20.3 Å². The van der Waals surface area contributed by atoms with Crippen molar-refractivity contribution in [1.82, 2.24) is 4.90 Å². The van der Waals surface area contributed by atoms with Gasteiger partial charge in [-0.2, -0.15) is 11.8 Å². The number of rotatable bonds is 4. The maximum atomic E-state index is 12.2. The average Bonchev–Trinajstić information content (AvgIpc) is 2.39. The van der Waals surface area contributed by atoms with Crippen LogP contribution < -0.4 is 0 Å².